The van der Waals surface area contributed by atoms with E-state index < -0.39 is 12.0 Å². The van der Waals surface area contributed by atoms with Crippen molar-refractivity contribution in [3.8, 4) is 0 Å². The second-order valence-corrected chi connectivity index (χ2v) is 3.93. The first-order valence-electron chi connectivity index (χ1n) is 5.50. The van der Waals surface area contributed by atoms with Gasteiger partial charge in [0.25, 0.3) is 0 Å². The van der Waals surface area contributed by atoms with Crippen molar-refractivity contribution in [3.63, 3.8) is 0 Å². The summed E-state index contributed by atoms with van der Waals surface area (Å²) in [4.78, 5) is 24.3. The lowest BCUT2D eigenvalue weighted by molar-refractivity contribution is -0.139. The molecule has 0 bridgehead atoms. The summed E-state index contributed by atoms with van der Waals surface area (Å²) in [5, 5.41) is 11.7. The first-order valence-corrected chi connectivity index (χ1v) is 5.50. The fourth-order valence-corrected chi connectivity index (χ4v) is 1.93. The van der Waals surface area contributed by atoms with Crippen LogP contribution in [0.25, 0.3) is 0 Å². The Bertz CT molecular complexity index is 419. The Hall–Kier alpha value is -1.88. The highest BCUT2D eigenvalue weighted by Gasteiger charge is 2.30. The Morgan fingerprint density at radius 3 is 2.76 bits per heavy atom. The lowest BCUT2D eigenvalue weighted by Crippen LogP contribution is -2.55. The molecule has 1 atom stereocenters. The van der Waals surface area contributed by atoms with E-state index in [2.05, 4.69) is 5.32 Å². The molecular formula is C12H14N2O3. The molecule has 5 nitrogen and oxygen atoms in total. The first kappa shape index (κ1) is 11.6. The molecule has 0 radical (unpaired) electrons. The molecule has 1 saturated heterocycles. The van der Waals surface area contributed by atoms with Gasteiger partial charge in [-0.2, -0.15) is 0 Å². The van der Waals surface area contributed by atoms with E-state index in [0.717, 1.165) is 5.69 Å². The summed E-state index contributed by atoms with van der Waals surface area (Å²) in [7, 11) is 0. The van der Waals surface area contributed by atoms with Crippen molar-refractivity contribution in [2.24, 2.45) is 0 Å². The van der Waals surface area contributed by atoms with Crippen molar-refractivity contribution in [3.05, 3.63) is 30.3 Å². The summed E-state index contributed by atoms with van der Waals surface area (Å²) in [6.07, 6.45) is -0.178. The molecule has 1 aliphatic rings. The van der Waals surface area contributed by atoms with E-state index in [1.54, 1.807) is 4.90 Å². The van der Waals surface area contributed by atoms with Crippen molar-refractivity contribution >= 4 is 17.6 Å². The Labute approximate surface area is 99.0 Å². The molecule has 0 aliphatic carbocycles. The highest BCUT2D eigenvalue weighted by molar-refractivity contribution is 5.99. The number of benzene rings is 1. The quantitative estimate of drug-likeness (QED) is 0.797. The number of nitrogens with one attached hydrogen (secondary N) is 1. The molecule has 1 amide bonds. The third-order valence-electron chi connectivity index (χ3n) is 2.74. The number of para-hydroxylation sites is 1. The summed E-state index contributed by atoms with van der Waals surface area (Å²) in [5.41, 5.74) is 0.814. The number of carbonyl (C=O) groups is 2. The molecule has 1 fully saturated rings. The van der Waals surface area contributed by atoms with Gasteiger partial charge >= 0.3 is 5.97 Å². The maximum atomic E-state index is 12.1. The summed E-state index contributed by atoms with van der Waals surface area (Å²) >= 11 is 0. The highest BCUT2D eigenvalue weighted by atomic mass is 16.4. The van der Waals surface area contributed by atoms with Gasteiger partial charge in [0.05, 0.1) is 12.5 Å². The minimum Gasteiger partial charge on any atom is -0.481 e. The number of aliphatic carboxylic acids is 1. The van der Waals surface area contributed by atoms with E-state index in [-0.39, 0.29) is 12.3 Å². The van der Waals surface area contributed by atoms with Crippen LogP contribution in [0, 0.1) is 0 Å². The number of carboxylic acids is 1. The number of rotatable bonds is 3. The zero-order chi connectivity index (χ0) is 12.3. The van der Waals surface area contributed by atoms with Gasteiger partial charge in [0, 0.05) is 18.8 Å². The molecule has 2 N–H and O–H groups in total. The monoisotopic (exact) mass is 234 g/mol. The normalized spacial score (nSPS) is 20.4. The fraction of sp³-hybridized carbons (Fsp3) is 0.333. The van der Waals surface area contributed by atoms with Gasteiger partial charge in [-0.1, -0.05) is 18.2 Å². The summed E-state index contributed by atoms with van der Waals surface area (Å²) in [6, 6.07) is 8.67. The molecule has 17 heavy (non-hydrogen) atoms. The van der Waals surface area contributed by atoms with Crippen LogP contribution in [0.15, 0.2) is 30.3 Å². The van der Waals surface area contributed by atoms with Crippen LogP contribution in [0.4, 0.5) is 5.69 Å². The average molecular weight is 234 g/mol. The minimum atomic E-state index is -0.967. The van der Waals surface area contributed by atoms with E-state index in [4.69, 9.17) is 5.11 Å². The van der Waals surface area contributed by atoms with Gasteiger partial charge in [-0.15, -0.1) is 0 Å². The number of anilines is 1. The van der Waals surface area contributed by atoms with Gasteiger partial charge in [0.2, 0.25) is 5.91 Å². The van der Waals surface area contributed by atoms with E-state index in [9.17, 15) is 9.59 Å². The second-order valence-electron chi connectivity index (χ2n) is 3.93. The zero-order valence-electron chi connectivity index (χ0n) is 9.30. The number of carbonyl (C=O) groups excluding carboxylic acids is 1. The molecule has 1 aromatic carbocycles. The van der Waals surface area contributed by atoms with Crippen LogP contribution in [0.1, 0.15) is 6.42 Å². The third-order valence-corrected chi connectivity index (χ3v) is 2.74. The predicted octanol–water partition coefficient (Wildman–Crippen LogP) is 0.466. The molecule has 0 saturated carbocycles. The molecule has 5 heteroatoms. The summed E-state index contributed by atoms with van der Waals surface area (Å²) < 4.78 is 0. The van der Waals surface area contributed by atoms with E-state index in [1.165, 1.54) is 0 Å². The Kier molecular flexibility index (Phi) is 3.39. The van der Waals surface area contributed by atoms with Crippen LogP contribution in [0.5, 0.6) is 0 Å². The van der Waals surface area contributed by atoms with E-state index in [1.807, 2.05) is 30.3 Å². The van der Waals surface area contributed by atoms with Crippen LogP contribution in [0.2, 0.25) is 0 Å². The van der Waals surface area contributed by atoms with Gasteiger partial charge in [-0.05, 0) is 12.1 Å². The number of amides is 1. The predicted molar refractivity (Wildman–Crippen MR) is 62.8 cm³/mol. The van der Waals surface area contributed by atoms with Gasteiger partial charge in [0.1, 0.15) is 0 Å². The smallest absolute Gasteiger partial charge is 0.305 e. The Morgan fingerprint density at radius 1 is 1.41 bits per heavy atom. The summed E-state index contributed by atoms with van der Waals surface area (Å²) in [6.45, 7) is 1.18. The fourth-order valence-electron chi connectivity index (χ4n) is 1.93. The maximum Gasteiger partial charge on any atom is 0.305 e. The number of nitrogens with zero attached hydrogens (tertiary/aromatic N) is 1. The van der Waals surface area contributed by atoms with Crippen LogP contribution in [-0.2, 0) is 9.59 Å². The molecular weight excluding hydrogens is 220 g/mol. The zero-order valence-corrected chi connectivity index (χ0v) is 9.30. The molecule has 0 aromatic heterocycles. The maximum absolute atomic E-state index is 12.1. The van der Waals surface area contributed by atoms with E-state index >= 15 is 0 Å². The van der Waals surface area contributed by atoms with E-state index in [0.29, 0.717) is 13.1 Å². The average Bonchev–Trinajstić information content (AvgIpc) is 2.32. The second kappa shape index (κ2) is 4.97. The minimum absolute atomic E-state index is 0.176. The molecule has 1 aromatic rings. The summed E-state index contributed by atoms with van der Waals surface area (Å²) in [5.74, 6) is -1.14. The lowest BCUT2D eigenvalue weighted by Gasteiger charge is -2.32. The SMILES string of the molecule is O=C(O)CC1NCCN(c2ccccc2)C1=O. The molecule has 0 spiro atoms. The molecule has 1 heterocycles. The van der Waals surface area contributed by atoms with Crippen LogP contribution in [0.3, 0.4) is 0 Å². The number of hydrogen-bond acceptors (Lipinski definition) is 3. The van der Waals surface area contributed by atoms with Crippen LogP contribution >= 0.6 is 0 Å². The van der Waals surface area contributed by atoms with Crippen molar-refractivity contribution in [2.45, 2.75) is 12.5 Å². The van der Waals surface area contributed by atoms with Crippen molar-refractivity contribution in [1.29, 1.82) is 0 Å². The first-order chi connectivity index (χ1) is 8.18. The molecule has 90 valence electrons. The standard InChI is InChI=1S/C12H14N2O3/c15-11(16)8-10-12(17)14(7-6-13-10)9-4-2-1-3-5-9/h1-5,10,13H,6-8H2,(H,15,16). The van der Waals surface area contributed by atoms with Gasteiger partial charge in [0.15, 0.2) is 0 Å². The van der Waals surface area contributed by atoms with Crippen molar-refractivity contribution < 1.29 is 14.7 Å². The highest BCUT2D eigenvalue weighted by Crippen LogP contribution is 2.17. The Morgan fingerprint density at radius 2 is 2.12 bits per heavy atom. The molecule has 2 rings (SSSR count). The number of hydrogen-bond donors (Lipinski definition) is 2. The van der Waals surface area contributed by atoms with Gasteiger partial charge < -0.3 is 15.3 Å². The largest absolute Gasteiger partial charge is 0.481 e. The van der Waals surface area contributed by atoms with Crippen LogP contribution in [-0.4, -0.2) is 36.1 Å². The van der Waals surface area contributed by atoms with Gasteiger partial charge in [-0.3, -0.25) is 9.59 Å². The van der Waals surface area contributed by atoms with Gasteiger partial charge in [-0.25, -0.2) is 0 Å². The van der Waals surface area contributed by atoms with Crippen molar-refractivity contribution in [2.75, 3.05) is 18.0 Å². The topological polar surface area (TPSA) is 69.6 Å². The molecule has 1 aliphatic heterocycles. The lowest BCUT2D eigenvalue weighted by atomic mass is 10.1. The van der Waals surface area contributed by atoms with Crippen molar-refractivity contribution in [1.82, 2.24) is 5.32 Å². The third kappa shape index (κ3) is 2.62. The van der Waals surface area contributed by atoms with Crippen LogP contribution < -0.4 is 10.2 Å². The Balaban J connectivity index is 2.14. The number of carboxylic acid groups (broad SMARTS) is 1. The number of piperazine rings is 1. The molecule has 1 unspecified atom stereocenters.